The molecule has 1 heterocycles. The van der Waals surface area contributed by atoms with Crippen molar-refractivity contribution < 1.29 is 8.76 Å². The molecule has 0 aliphatic rings. The molecule has 2 N–H and O–H groups in total. The minimum absolute atomic E-state index is 0.381. The molecule has 0 fully saturated rings. The first-order valence-electron chi connectivity index (χ1n) is 3.31. The van der Waals surface area contributed by atoms with E-state index in [1.807, 2.05) is 0 Å². The van der Waals surface area contributed by atoms with Gasteiger partial charge in [-0.1, -0.05) is 0 Å². The predicted octanol–water partition coefficient (Wildman–Crippen LogP) is 1.14. The number of imidazole rings is 1. The van der Waals surface area contributed by atoms with Gasteiger partial charge in [0.2, 0.25) is 0 Å². The van der Waals surface area contributed by atoms with Gasteiger partial charge in [0.05, 0.1) is 22.3 Å². The summed E-state index contributed by atoms with van der Waals surface area (Å²) in [6, 6.07) is 4.90. The maximum Gasteiger partial charge on any atom is 0.186 e. The third kappa shape index (κ3) is 1.13. The molecule has 5 heteroatoms. The van der Waals surface area contributed by atoms with Crippen LogP contribution >= 0.6 is 0 Å². The number of hydrogen-bond donors (Lipinski definition) is 2. The molecule has 1 unspecified atom stereocenters. The van der Waals surface area contributed by atoms with Crippen LogP contribution in [0, 0.1) is 0 Å². The summed E-state index contributed by atoms with van der Waals surface area (Å²) in [7, 11) is 0. The van der Waals surface area contributed by atoms with E-state index < -0.39 is 11.1 Å². The van der Waals surface area contributed by atoms with Crippen LogP contribution in [0.15, 0.2) is 29.4 Å². The lowest BCUT2D eigenvalue weighted by Gasteiger charge is -1.92. The molecule has 1 atom stereocenters. The average molecular weight is 182 g/mol. The summed E-state index contributed by atoms with van der Waals surface area (Å²) >= 11 is -1.92. The third-order valence-electron chi connectivity index (χ3n) is 1.59. The number of benzene rings is 1. The van der Waals surface area contributed by atoms with Crippen LogP contribution in [0.25, 0.3) is 11.0 Å². The van der Waals surface area contributed by atoms with Gasteiger partial charge in [0.25, 0.3) is 0 Å². The Bertz CT molecular complexity index is 438. The van der Waals surface area contributed by atoms with Crippen LogP contribution in [-0.4, -0.2) is 18.7 Å². The molecule has 1 aromatic heterocycles. The molecule has 0 saturated carbocycles. The molecule has 12 heavy (non-hydrogen) atoms. The molecule has 1 aromatic carbocycles. The SMILES string of the molecule is O=S(O)c1ccc2nc[nH]c2c1. The summed E-state index contributed by atoms with van der Waals surface area (Å²) in [5, 5.41) is 0. The highest BCUT2D eigenvalue weighted by Crippen LogP contribution is 2.13. The standard InChI is InChI=1S/C7H6N2O2S/c10-12(11)5-1-2-6-7(3-5)9-4-8-6/h1-4H,(H,8,9)(H,10,11). The number of aromatic nitrogens is 2. The fourth-order valence-electron chi connectivity index (χ4n) is 1.02. The zero-order valence-electron chi connectivity index (χ0n) is 6.02. The monoisotopic (exact) mass is 182 g/mol. The van der Waals surface area contributed by atoms with Gasteiger partial charge in [-0.3, -0.25) is 0 Å². The van der Waals surface area contributed by atoms with Crippen molar-refractivity contribution in [2.45, 2.75) is 4.90 Å². The quantitative estimate of drug-likeness (QED) is 0.650. The lowest BCUT2D eigenvalue weighted by atomic mass is 10.3. The Hall–Kier alpha value is -1.20. The van der Waals surface area contributed by atoms with Crippen LogP contribution in [0.3, 0.4) is 0 Å². The van der Waals surface area contributed by atoms with E-state index in [-0.39, 0.29) is 0 Å². The highest BCUT2D eigenvalue weighted by Gasteiger charge is 2.01. The summed E-state index contributed by atoms with van der Waals surface area (Å²) in [6.45, 7) is 0. The molecule has 4 nitrogen and oxygen atoms in total. The van der Waals surface area contributed by atoms with E-state index in [1.54, 1.807) is 24.5 Å². The highest BCUT2D eigenvalue weighted by molar-refractivity contribution is 7.79. The molecule has 0 spiro atoms. The van der Waals surface area contributed by atoms with E-state index in [1.165, 1.54) is 0 Å². The van der Waals surface area contributed by atoms with Crippen molar-refractivity contribution in [3.63, 3.8) is 0 Å². The van der Waals surface area contributed by atoms with Gasteiger partial charge in [-0.05, 0) is 18.2 Å². The van der Waals surface area contributed by atoms with E-state index in [0.29, 0.717) is 4.90 Å². The third-order valence-corrected chi connectivity index (χ3v) is 2.25. The Morgan fingerprint density at radius 2 is 2.33 bits per heavy atom. The zero-order chi connectivity index (χ0) is 8.55. The van der Waals surface area contributed by atoms with Crippen LogP contribution in [0.5, 0.6) is 0 Å². The second-order valence-electron chi connectivity index (χ2n) is 2.33. The number of fused-ring (bicyclic) bond motifs is 1. The van der Waals surface area contributed by atoms with Crippen molar-refractivity contribution in [2.24, 2.45) is 0 Å². The molecule has 0 bridgehead atoms. The molecular formula is C7H6N2O2S. The van der Waals surface area contributed by atoms with Gasteiger partial charge in [0.1, 0.15) is 0 Å². The molecule has 0 saturated heterocycles. The van der Waals surface area contributed by atoms with Crippen molar-refractivity contribution in [1.82, 2.24) is 9.97 Å². The van der Waals surface area contributed by atoms with Crippen LogP contribution in [0.4, 0.5) is 0 Å². The van der Waals surface area contributed by atoms with Crippen LogP contribution < -0.4 is 0 Å². The van der Waals surface area contributed by atoms with Gasteiger partial charge in [-0.2, -0.15) is 0 Å². The van der Waals surface area contributed by atoms with Gasteiger partial charge >= 0.3 is 0 Å². The molecule has 0 aliphatic carbocycles. The van der Waals surface area contributed by atoms with Crippen LogP contribution in [0.2, 0.25) is 0 Å². The zero-order valence-corrected chi connectivity index (χ0v) is 6.84. The van der Waals surface area contributed by atoms with Gasteiger partial charge in [-0.15, -0.1) is 0 Å². The molecule has 2 aromatic rings. The van der Waals surface area contributed by atoms with Crippen LogP contribution in [-0.2, 0) is 11.1 Å². The maximum absolute atomic E-state index is 10.6. The number of hydrogen-bond acceptors (Lipinski definition) is 2. The Labute approximate surface area is 70.9 Å². The van der Waals surface area contributed by atoms with Crippen molar-refractivity contribution >= 4 is 22.1 Å². The Balaban J connectivity index is 2.68. The first kappa shape index (κ1) is 7.45. The Morgan fingerprint density at radius 1 is 1.50 bits per heavy atom. The number of nitrogens with one attached hydrogen (secondary N) is 1. The molecular weight excluding hydrogens is 176 g/mol. The molecule has 0 aliphatic heterocycles. The number of aromatic amines is 1. The van der Waals surface area contributed by atoms with E-state index in [4.69, 9.17) is 4.55 Å². The lowest BCUT2D eigenvalue weighted by Crippen LogP contribution is -1.86. The predicted molar refractivity (Wildman–Crippen MR) is 45.1 cm³/mol. The minimum Gasteiger partial charge on any atom is -0.345 e. The van der Waals surface area contributed by atoms with Crippen molar-refractivity contribution in [3.05, 3.63) is 24.5 Å². The summed E-state index contributed by atoms with van der Waals surface area (Å²) in [5.41, 5.74) is 1.57. The largest absolute Gasteiger partial charge is 0.345 e. The molecule has 2 rings (SSSR count). The van der Waals surface area contributed by atoms with Gasteiger partial charge in [0.15, 0.2) is 11.1 Å². The minimum atomic E-state index is -1.92. The maximum atomic E-state index is 10.6. The van der Waals surface area contributed by atoms with Crippen LogP contribution in [0.1, 0.15) is 0 Å². The van der Waals surface area contributed by atoms with Gasteiger partial charge < -0.3 is 9.54 Å². The summed E-state index contributed by atoms with van der Waals surface area (Å²) in [4.78, 5) is 7.22. The number of nitrogens with zero attached hydrogens (tertiary/aromatic N) is 1. The smallest absolute Gasteiger partial charge is 0.186 e. The van der Waals surface area contributed by atoms with E-state index in [2.05, 4.69) is 9.97 Å². The Kier molecular flexibility index (Phi) is 1.67. The first-order valence-corrected chi connectivity index (χ1v) is 4.42. The topological polar surface area (TPSA) is 66.0 Å². The number of rotatable bonds is 1. The fraction of sp³-hybridized carbons (Fsp3) is 0. The first-order chi connectivity index (χ1) is 5.77. The summed E-state index contributed by atoms with van der Waals surface area (Å²) in [5.74, 6) is 0. The Morgan fingerprint density at radius 3 is 3.08 bits per heavy atom. The van der Waals surface area contributed by atoms with Crippen molar-refractivity contribution in [1.29, 1.82) is 0 Å². The molecule has 0 amide bonds. The van der Waals surface area contributed by atoms with E-state index >= 15 is 0 Å². The highest BCUT2D eigenvalue weighted by atomic mass is 32.2. The second-order valence-corrected chi connectivity index (χ2v) is 3.30. The van der Waals surface area contributed by atoms with E-state index in [9.17, 15) is 4.21 Å². The lowest BCUT2D eigenvalue weighted by molar-refractivity contribution is 0.564. The van der Waals surface area contributed by atoms with Gasteiger partial charge in [0, 0.05) is 0 Å². The fourth-order valence-corrected chi connectivity index (χ4v) is 1.43. The summed E-state index contributed by atoms with van der Waals surface area (Å²) in [6.07, 6.45) is 1.55. The van der Waals surface area contributed by atoms with E-state index in [0.717, 1.165) is 11.0 Å². The number of H-pyrrole nitrogens is 1. The normalized spacial score (nSPS) is 13.4. The molecule has 0 radical (unpaired) electrons. The summed E-state index contributed by atoms with van der Waals surface area (Å²) < 4.78 is 19.4. The second kappa shape index (κ2) is 2.69. The molecule has 62 valence electrons. The van der Waals surface area contributed by atoms with Gasteiger partial charge in [-0.25, -0.2) is 9.19 Å². The average Bonchev–Trinajstić information content (AvgIpc) is 2.49. The van der Waals surface area contributed by atoms with Crippen molar-refractivity contribution in [2.75, 3.05) is 0 Å². The van der Waals surface area contributed by atoms with Crippen molar-refractivity contribution in [3.8, 4) is 0 Å².